The van der Waals surface area contributed by atoms with E-state index >= 15 is 0 Å². The van der Waals surface area contributed by atoms with Crippen LogP contribution in [0.4, 0.5) is 13.2 Å². The summed E-state index contributed by atoms with van der Waals surface area (Å²) in [5.41, 5.74) is 0.106. The van der Waals surface area contributed by atoms with Crippen molar-refractivity contribution in [1.82, 2.24) is 0 Å². The fraction of sp³-hybridized carbons (Fsp3) is 0.647. The maximum atomic E-state index is 13.9. The van der Waals surface area contributed by atoms with Crippen LogP contribution in [-0.2, 0) is 0 Å². The van der Waals surface area contributed by atoms with E-state index in [1.807, 2.05) is 0 Å². The summed E-state index contributed by atoms with van der Waals surface area (Å²) in [6.07, 6.45) is 8.16. The molecule has 4 atom stereocenters. The van der Waals surface area contributed by atoms with Gasteiger partial charge in [-0.05, 0) is 43.1 Å². The standard InChI is InChI=1S/C17H20ClF3/c18-17(13-8-15(20)16(21)9-14(13)19)12-6-5-10-3-1-2-4-11(10)7-12/h8-12,17H,1-7H2. The molecule has 0 radical (unpaired) electrons. The van der Waals surface area contributed by atoms with Crippen molar-refractivity contribution in [1.29, 1.82) is 0 Å². The van der Waals surface area contributed by atoms with Crippen molar-refractivity contribution in [2.45, 2.75) is 50.3 Å². The van der Waals surface area contributed by atoms with Gasteiger partial charge in [0.25, 0.3) is 0 Å². The highest BCUT2D eigenvalue weighted by atomic mass is 35.5. The highest BCUT2D eigenvalue weighted by Gasteiger charge is 2.36. The maximum absolute atomic E-state index is 13.9. The monoisotopic (exact) mass is 316 g/mol. The van der Waals surface area contributed by atoms with Gasteiger partial charge < -0.3 is 0 Å². The minimum absolute atomic E-state index is 0.106. The Morgan fingerprint density at radius 2 is 1.52 bits per heavy atom. The highest BCUT2D eigenvalue weighted by molar-refractivity contribution is 6.21. The number of hydrogen-bond donors (Lipinski definition) is 0. The molecule has 1 aromatic rings. The van der Waals surface area contributed by atoms with Gasteiger partial charge >= 0.3 is 0 Å². The summed E-state index contributed by atoms with van der Waals surface area (Å²) < 4.78 is 40.3. The smallest absolute Gasteiger partial charge is 0.161 e. The van der Waals surface area contributed by atoms with Crippen LogP contribution in [-0.4, -0.2) is 0 Å². The Balaban J connectivity index is 1.76. The Bertz CT molecular complexity index is 517. The fourth-order valence-corrected chi connectivity index (χ4v) is 4.57. The molecule has 2 fully saturated rings. The van der Waals surface area contributed by atoms with Gasteiger partial charge in [-0.25, -0.2) is 13.2 Å². The molecule has 21 heavy (non-hydrogen) atoms. The van der Waals surface area contributed by atoms with E-state index in [4.69, 9.17) is 11.6 Å². The van der Waals surface area contributed by atoms with Crippen LogP contribution in [0.2, 0.25) is 0 Å². The van der Waals surface area contributed by atoms with Gasteiger partial charge in [0.2, 0.25) is 0 Å². The summed E-state index contributed by atoms with van der Waals surface area (Å²) in [6, 6.07) is 1.53. The van der Waals surface area contributed by atoms with E-state index in [9.17, 15) is 13.2 Å². The van der Waals surface area contributed by atoms with E-state index in [1.54, 1.807) is 0 Å². The number of hydrogen-bond acceptors (Lipinski definition) is 0. The summed E-state index contributed by atoms with van der Waals surface area (Å²) in [5, 5.41) is -0.567. The summed E-state index contributed by atoms with van der Waals surface area (Å²) in [4.78, 5) is 0. The largest absolute Gasteiger partial charge is 0.207 e. The van der Waals surface area contributed by atoms with E-state index in [-0.39, 0.29) is 11.5 Å². The van der Waals surface area contributed by atoms with E-state index in [2.05, 4.69) is 0 Å². The topological polar surface area (TPSA) is 0 Å². The van der Waals surface area contributed by atoms with Crippen molar-refractivity contribution < 1.29 is 13.2 Å². The third-order valence-electron chi connectivity index (χ3n) is 5.33. The molecule has 0 aliphatic heterocycles. The first-order valence-electron chi connectivity index (χ1n) is 7.84. The predicted molar refractivity (Wildman–Crippen MR) is 77.7 cm³/mol. The molecule has 0 nitrogen and oxygen atoms in total. The maximum Gasteiger partial charge on any atom is 0.161 e. The van der Waals surface area contributed by atoms with Gasteiger partial charge in [0, 0.05) is 11.6 Å². The Hall–Kier alpha value is -0.700. The van der Waals surface area contributed by atoms with Crippen LogP contribution in [0.25, 0.3) is 0 Å². The zero-order valence-electron chi connectivity index (χ0n) is 11.9. The molecule has 1 aromatic carbocycles. The average molecular weight is 317 g/mol. The number of rotatable bonds is 2. The number of alkyl halides is 1. The van der Waals surface area contributed by atoms with E-state index in [0.717, 1.165) is 31.2 Å². The Labute approximate surface area is 128 Å². The molecule has 116 valence electrons. The van der Waals surface area contributed by atoms with Gasteiger partial charge in [0.1, 0.15) is 5.82 Å². The summed E-state index contributed by atoms with van der Waals surface area (Å²) in [6.45, 7) is 0. The van der Waals surface area contributed by atoms with Gasteiger partial charge in [-0.1, -0.05) is 25.7 Å². The third-order valence-corrected chi connectivity index (χ3v) is 5.92. The molecule has 4 heteroatoms. The van der Waals surface area contributed by atoms with Crippen LogP contribution in [0.5, 0.6) is 0 Å². The van der Waals surface area contributed by atoms with Crippen LogP contribution in [0.3, 0.4) is 0 Å². The lowest BCUT2D eigenvalue weighted by Crippen LogP contribution is -2.29. The van der Waals surface area contributed by atoms with Crippen LogP contribution in [0, 0.1) is 35.2 Å². The summed E-state index contributed by atoms with van der Waals surface area (Å²) >= 11 is 6.42. The lowest BCUT2D eigenvalue weighted by Gasteiger charge is -2.40. The Morgan fingerprint density at radius 1 is 0.857 bits per heavy atom. The van der Waals surface area contributed by atoms with E-state index in [1.165, 1.54) is 25.7 Å². The van der Waals surface area contributed by atoms with Crippen molar-refractivity contribution in [3.05, 3.63) is 35.1 Å². The predicted octanol–water partition coefficient (Wildman–Crippen LogP) is 5.99. The van der Waals surface area contributed by atoms with Gasteiger partial charge in [0.15, 0.2) is 11.6 Å². The molecular weight excluding hydrogens is 297 g/mol. The molecule has 2 saturated carbocycles. The zero-order valence-corrected chi connectivity index (χ0v) is 12.7. The average Bonchev–Trinajstić information content (AvgIpc) is 2.50. The second kappa shape index (κ2) is 6.20. The van der Waals surface area contributed by atoms with Crippen LogP contribution in [0.1, 0.15) is 55.9 Å². The molecule has 0 heterocycles. The van der Waals surface area contributed by atoms with Crippen molar-refractivity contribution in [2.75, 3.05) is 0 Å². The molecular formula is C17H20ClF3. The number of halogens is 4. The SMILES string of the molecule is Fc1cc(F)c(C(Cl)C2CCC3CCCCC3C2)cc1F. The second-order valence-electron chi connectivity index (χ2n) is 6.57. The van der Waals surface area contributed by atoms with Crippen LogP contribution in [0.15, 0.2) is 12.1 Å². The third kappa shape index (κ3) is 3.08. The first-order valence-corrected chi connectivity index (χ1v) is 8.28. The molecule has 0 bridgehead atoms. The Morgan fingerprint density at radius 3 is 2.29 bits per heavy atom. The quantitative estimate of drug-likeness (QED) is 0.464. The number of benzene rings is 1. The molecule has 0 N–H and O–H groups in total. The molecule has 0 amide bonds. The van der Waals surface area contributed by atoms with E-state index in [0.29, 0.717) is 12.0 Å². The summed E-state index contributed by atoms with van der Waals surface area (Å²) in [7, 11) is 0. The fourth-order valence-electron chi connectivity index (χ4n) is 4.18. The molecule has 3 rings (SSSR count). The van der Waals surface area contributed by atoms with Crippen molar-refractivity contribution in [2.24, 2.45) is 17.8 Å². The van der Waals surface area contributed by atoms with Gasteiger partial charge in [-0.3, -0.25) is 0 Å². The molecule has 2 aliphatic rings. The van der Waals surface area contributed by atoms with Gasteiger partial charge in [-0.15, -0.1) is 11.6 Å². The van der Waals surface area contributed by atoms with Crippen molar-refractivity contribution in [3.8, 4) is 0 Å². The lowest BCUT2D eigenvalue weighted by atomic mass is 9.66. The molecule has 4 unspecified atom stereocenters. The lowest BCUT2D eigenvalue weighted by molar-refractivity contribution is 0.127. The normalized spacial score (nSPS) is 30.8. The summed E-state index contributed by atoms with van der Waals surface area (Å²) in [5.74, 6) is -1.30. The first-order chi connectivity index (χ1) is 10.1. The first kappa shape index (κ1) is 15.2. The van der Waals surface area contributed by atoms with Crippen LogP contribution < -0.4 is 0 Å². The zero-order chi connectivity index (χ0) is 15.0. The molecule has 0 spiro atoms. The minimum Gasteiger partial charge on any atom is -0.207 e. The van der Waals surface area contributed by atoms with Gasteiger partial charge in [0.05, 0.1) is 5.38 Å². The molecule has 2 aliphatic carbocycles. The van der Waals surface area contributed by atoms with Crippen molar-refractivity contribution in [3.63, 3.8) is 0 Å². The Kier molecular flexibility index (Phi) is 4.49. The van der Waals surface area contributed by atoms with Crippen molar-refractivity contribution >= 4 is 11.6 Å². The molecule has 0 aromatic heterocycles. The highest BCUT2D eigenvalue weighted by Crippen LogP contribution is 2.48. The van der Waals surface area contributed by atoms with Crippen LogP contribution >= 0.6 is 11.6 Å². The minimum atomic E-state index is -1.16. The van der Waals surface area contributed by atoms with Gasteiger partial charge in [-0.2, -0.15) is 0 Å². The number of fused-ring (bicyclic) bond motifs is 1. The second-order valence-corrected chi connectivity index (χ2v) is 7.04. The van der Waals surface area contributed by atoms with E-state index < -0.39 is 22.8 Å². The molecule has 0 saturated heterocycles.